The molecule has 0 aliphatic heterocycles. The van der Waals surface area contributed by atoms with E-state index in [9.17, 15) is 19.7 Å². The average molecular weight is 258 g/mol. The summed E-state index contributed by atoms with van der Waals surface area (Å²) in [4.78, 5) is 32.9. The molecule has 2 heterocycles. The minimum absolute atomic E-state index is 0.0815. The van der Waals surface area contributed by atoms with Crippen LogP contribution in [0, 0.1) is 10.1 Å². The zero-order valence-corrected chi connectivity index (χ0v) is 9.40. The Balaban J connectivity index is 2.54. The molecule has 0 amide bonds. The number of benzene rings is 1. The van der Waals surface area contributed by atoms with E-state index >= 15 is 0 Å². The van der Waals surface area contributed by atoms with Gasteiger partial charge in [0.05, 0.1) is 10.5 Å². The highest BCUT2D eigenvalue weighted by Crippen LogP contribution is 2.24. The molecule has 0 bridgehead atoms. The van der Waals surface area contributed by atoms with Gasteiger partial charge in [-0.15, -0.1) is 0 Å². The number of aromatic nitrogens is 1. The summed E-state index contributed by atoms with van der Waals surface area (Å²) < 4.78 is 6.54. The summed E-state index contributed by atoms with van der Waals surface area (Å²) in [6.45, 7) is 0. The number of aldehydes is 1. The Bertz CT molecular complexity index is 890. The van der Waals surface area contributed by atoms with Gasteiger partial charge in [0.1, 0.15) is 5.52 Å². The molecule has 7 nitrogen and oxygen atoms in total. The number of pyridine rings is 1. The number of non-ortho nitro benzene ring substituents is 1. The lowest BCUT2D eigenvalue weighted by Gasteiger charge is -1.94. The van der Waals surface area contributed by atoms with Crippen molar-refractivity contribution in [2.75, 3.05) is 0 Å². The summed E-state index contributed by atoms with van der Waals surface area (Å²) in [5.74, 6) is 0. The third-order valence-corrected chi connectivity index (χ3v) is 2.80. The highest BCUT2D eigenvalue weighted by Gasteiger charge is 2.15. The highest BCUT2D eigenvalue weighted by molar-refractivity contribution is 5.88. The van der Waals surface area contributed by atoms with Gasteiger partial charge in [0.15, 0.2) is 11.9 Å². The van der Waals surface area contributed by atoms with Crippen LogP contribution in [0.5, 0.6) is 0 Å². The van der Waals surface area contributed by atoms with Gasteiger partial charge in [0, 0.05) is 18.2 Å². The van der Waals surface area contributed by atoms with Crippen molar-refractivity contribution >= 4 is 28.8 Å². The molecule has 0 spiro atoms. The zero-order valence-electron chi connectivity index (χ0n) is 9.40. The van der Waals surface area contributed by atoms with Crippen molar-refractivity contribution in [2.24, 2.45) is 0 Å². The van der Waals surface area contributed by atoms with E-state index in [0.29, 0.717) is 11.9 Å². The summed E-state index contributed by atoms with van der Waals surface area (Å²) in [5, 5.41) is 10.7. The Morgan fingerprint density at radius 1 is 1.26 bits per heavy atom. The van der Waals surface area contributed by atoms with Crippen molar-refractivity contribution in [1.82, 2.24) is 4.40 Å². The van der Waals surface area contributed by atoms with E-state index in [1.165, 1.54) is 30.3 Å². The summed E-state index contributed by atoms with van der Waals surface area (Å²) in [5.41, 5.74) is 0.282. The van der Waals surface area contributed by atoms with E-state index in [2.05, 4.69) is 0 Å². The number of nitro groups is 1. The molecule has 0 radical (unpaired) electrons. The van der Waals surface area contributed by atoms with Gasteiger partial charge in [-0.1, -0.05) is 0 Å². The molecular weight excluding hydrogens is 252 g/mol. The number of hydrogen-bond donors (Lipinski definition) is 0. The minimum Gasteiger partial charge on any atom is -0.437 e. The van der Waals surface area contributed by atoms with E-state index < -0.39 is 10.5 Å². The first-order valence-electron chi connectivity index (χ1n) is 5.30. The van der Waals surface area contributed by atoms with Gasteiger partial charge >= 0.3 is 0 Å². The van der Waals surface area contributed by atoms with Crippen LogP contribution in [0.15, 0.2) is 39.5 Å². The fourth-order valence-electron chi connectivity index (χ4n) is 1.94. The molecule has 1 aromatic carbocycles. The SMILES string of the molecule is O=Cc1ccc(=O)n2c1oc1ccc([N+](=O)[O-])cc12. The monoisotopic (exact) mass is 258 g/mol. The number of fused-ring (bicyclic) bond motifs is 3. The Kier molecular flexibility index (Phi) is 2.21. The lowest BCUT2D eigenvalue weighted by atomic mass is 10.3. The molecular formula is C12H6N2O5. The minimum atomic E-state index is -0.563. The number of rotatable bonds is 2. The van der Waals surface area contributed by atoms with E-state index in [0.717, 1.165) is 4.40 Å². The van der Waals surface area contributed by atoms with Crippen molar-refractivity contribution in [3.05, 3.63) is 56.4 Å². The third kappa shape index (κ3) is 1.52. The molecule has 0 fully saturated rings. The Labute approximate surface area is 104 Å². The van der Waals surface area contributed by atoms with Gasteiger partial charge in [-0.05, 0) is 12.1 Å². The summed E-state index contributed by atoms with van der Waals surface area (Å²) in [7, 11) is 0. The number of carbonyl (C=O) groups excluding carboxylic acids is 1. The molecule has 94 valence electrons. The van der Waals surface area contributed by atoms with Crippen molar-refractivity contribution in [1.29, 1.82) is 0 Å². The topological polar surface area (TPSA) is 94.8 Å². The maximum Gasteiger partial charge on any atom is 0.271 e. The van der Waals surface area contributed by atoms with Crippen LogP contribution in [-0.2, 0) is 0 Å². The molecule has 3 aromatic rings. The van der Waals surface area contributed by atoms with E-state index in [4.69, 9.17) is 4.42 Å². The van der Waals surface area contributed by atoms with Crippen molar-refractivity contribution in [3.63, 3.8) is 0 Å². The molecule has 19 heavy (non-hydrogen) atoms. The Hall–Kier alpha value is -2.96. The third-order valence-electron chi connectivity index (χ3n) is 2.80. The normalized spacial score (nSPS) is 10.9. The number of oxazole rings is 1. The molecule has 0 unspecified atom stereocenters. The second kappa shape index (κ2) is 3.77. The van der Waals surface area contributed by atoms with Crippen molar-refractivity contribution < 1.29 is 14.1 Å². The van der Waals surface area contributed by atoms with Gasteiger partial charge in [-0.2, -0.15) is 0 Å². The molecule has 0 saturated heterocycles. The second-order valence-electron chi connectivity index (χ2n) is 3.90. The van der Waals surface area contributed by atoms with Gasteiger partial charge < -0.3 is 4.42 Å². The largest absolute Gasteiger partial charge is 0.437 e. The number of nitro benzene ring substituents is 1. The quantitative estimate of drug-likeness (QED) is 0.396. The maximum absolute atomic E-state index is 11.8. The van der Waals surface area contributed by atoms with Gasteiger partial charge in [0.25, 0.3) is 11.2 Å². The first-order valence-corrected chi connectivity index (χ1v) is 5.30. The van der Waals surface area contributed by atoms with Crippen LogP contribution in [0.2, 0.25) is 0 Å². The van der Waals surface area contributed by atoms with Crippen molar-refractivity contribution in [3.8, 4) is 0 Å². The Morgan fingerprint density at radius 3 is 2.74 bits per heavy atom. The average Bonchev–Trinajstić information content (AvgIpc) is 2.78. The molecule has 0 N–H and O–H groups in total. The second-order valence-corrected chi connectivity index (χ2v) is 3.90. The van der Waals surface area contributed by atoms with Crippen LogP contribution >= 0.6 is 0 Å². The van der Waals surface area contributed by atoms with E-state index in [-0.39, 0.29) is 22.5 Å². The molecule has 0 saturated carbocycles. The maximum atomic E-state index is 11.8. The van der Waals surface area contributed by atoms with Crippen LogP contribution < -0.4 is 5.56 Å². The van der Waals surface area contributed by atoms with Crippen LogP contribution in [0.3, 0.4) is 0 Å². The highest BCUT2D eigenvalue weighted by atomic mass is 16.6. The van der Waals surface area contributed by atoms with E-state index in [1.807, 2.05) is 0 Å². The van der Waals surface area contributed by atoms with E-state index in [1.54, 1.807) is 0 Å². The smallest absolute Gasteiger partial charge is 0.271 e. The molecule has 0 atom stereocenters. The van der Waals surface area contributed by atoms with Gasteiger partial charge in [-0.25, -0.2) is 4.40 Å². The first-order chi connectivity index (χ1) is 9.11. The fourth-order valence-corrected chi connectivity index (χ4v) is 1.94. The van der Waals surface area contributed by atoms with Gasteiger partial charge in [-0.3, -0.25) is 19.7 Å². The summed E-state index contributed by atoms with van der Waals surface area (Å²) >= 11 is 0. The van der Waals surface area contributed by atoms with Crippen molar-refractivity contribution in [2.45, 2.75) is 0 Å². The van der Waals surface area contributed by atoms with Crippen LogP contribution in [0.25, 0.3) is 16.8 Å². The number of hydrogen-bond acceptors (Lipinski definition) is 5. The fraction of sp³-hybridized carbons (Fsp3) is 0. The predicted molar refractivity (Wildman–Crippen MR) is 65.5 cm³/mol. The summed E-state index contributed by atoms with van der Waals surface area (Å²) in [6, 6.07) is 6.47. The van der Waals surface area contributed by atoms with Crippen LogP contribution in [-0.4, -0.2) is 15.6 Å². The molecule has 7 heteroatoms. The number of nitrogens with zero attached hydrogens (tertiary/aromatic N) is 2. The molecule has 0 aliphatic rings. The van der Waals surface area contributed by atoms with Gasteiger partial charge in [0.2, 0.25) is 5.71 Å². The lowest BCUT2D eigenvalue weighted by molar-refractivity contribution is -0.384. The zero-order chi connectivity index (χ0) is 13.6. The first kappa shape index (κ1) is 11.1. The molecule has 0 aliphatic carbocycles. The molecule has 2 aromatic heterocycles. The van der Waals surface area contributed by atoms with Crippen LogP contribution in [0.1, 0.15) is 10.4 Å². The van der Waals surface area contributed by atoms with Crippen LogP contribution in [0.4, 0.5) is 5.69 Å². The standard InChI is InChI=1S/C12H6N2O5/c15-6-7-1-4-11(16)13-9-5-8(14(17)18)2-3-10(9)19-12(7)13/h1-6H. The predicted octanol–water partition coefficient (Wildman–Crippen LogP) is 1.77. The number of carbonyl (C=O) groups is 1. The molecule has 3 rings (SSSR count). The Morgan fingerprint density at radius 2 is 2.05 bits per heavy atom. The summed E-state index contributed by atoms with van der Waals surface area (Å²) in [6.07, 6.45) is 0.561. The lowest BCUT2D eigenvalue weighted by Crippen LogP contribution is -2.11.